The van der Waals surface area contributed by atoms with Crippen LogP contribution in [0, 0.1) is 5.92 Å². The van der Waals surface area contributed by atoms with Gasteiger partial charge in [0.05, 0.1) is 35.5 Å². The highest BCUT2D eigenvalue weighted by atomic mass is 35.5. The highest BCUT2D eigenvalue weighted by Crippen LogP contribution is 2.29. The lowest BCUT2D eigenvalue weighted by atomic mass is 9.94. The molecule has 31 heavy (non-hydrogen) atoms. The van der Waals surface area contributed by atoms with Crippen molar-refractivity contribution in [2.24, 2.45) is 5.92 Å². The molecule has 172 valence electrons. The average molecular weight is 471 g/mol. The summed E-state index contributed by atoms with van der Waals surface area (Å²) in [5.74, 6) is 0.696. The molecule has 0 aromatic heterocycles. The summed E-state index contributed by atoms with van der Waals surface area (Å²) in [6, 6.07) is 2.98. The Balaban J connectivity index is 1.56. The highest BCUT2D eigenvalue weighted by molar-refractivity contribution is 7.79. The molecule has 3 rings (SSSR count). The Morgan fingerprint density at radius 2 is 2.00 bits per heavy atom. The lowest BCUT2D eigenvalue weighted by Crippen LogP contribution is -2.55. The number of amides is 1. The molecular weight excluding hydrogens is 440 g/mol. The SMILES string of the molecule is COc1cc(N)c(Cl)cc1C(=O)N[C@H]1CCN(CC2CCN(C(O)=S)CC2)C[C@H]1OC. The molecule has 1 aromatic carbocycles. The third-order valence-electron chi connectivity index (χ3n) is 6.23. The Labute approximate surface area is 193 Å². The quantitative estimate of drug-likeness (QED) is 0.430. The molecule has 4 N–H and O–H groups in total. The molecule has 2 aliphatic rings. The van der Waals surface area contributed by atoms with Crippen molar-refractivity contribution in [3.05, 3.63) is 22.7 Å². The van der Waals surface area contributed by atoms with Gasteiger partial charge < -0.3 is 35.4 Å². The Morgan fingerprint density at radius 3 is 2.61 bits per heavy atom. The molecule has 0 saturated carbocycles. The summed E-state index contributed by atoms with van der Waals surface area (Å²) in [6.07, 6.45) is 2.69. The highest BCUT2D eigenvalue weighted by Gasteiger charge is 2.33. The zero-order valence-corrected chi connectivity index (χ0v) is 19.5. The van der Waals surface area contributed by atoms with Crippen molar-refractivity contribution in [3.8, 4) is 5.75 Å². The number of rotatable bonds is 6. The number of thiocarbonyl (C=S) groups is 1. The van der Waals surface area contributed by atoms with E-state index in [0.717, 1.165) is 52.0 Å². The van der Waals surface area contributed by atoms with Crippen molar-refractivity contribution in [3.63, 3.8) is 0 Å². The minimum Gasteiger partial charge on any atom is -0.496 e. The van der Waals surface area contributed by atoms with Crippen LogP contribution < -0.4 is 15.8 Å². The predicted octanol–water partition coefficient (Wildman–Crippen LogP) is 2.30. The van der Waals surface area contributed by atoms with Crippen LogP contribution in [0.15, 0.2) is 12.1 Å². The molecule has 0 radical (unpaired) electrons. The van der Waals surface area contributed by atoms with Gasteiger partial charge in [-0.3, -0.25) is 4.79 Å². The molecule has 10 heteroatoms. The zero-order chi connectivity index (χ0) is 22.5. The molecule has 8 nitrogen and oxygen atoms in total. The van der Waals surface area contributed by atoms with Gasteiger partial charge in [-0.05, 0) is 43.5 Å². The van der Waals surface area contributed by atoms with E-state index in [9.17, 15) is 9.90 Å². The van der Waals surface area contributed by atoms with Crippen LogP contribution in [-0.2, 0) is 4.74 Å². The van der Waals surface area contributed by atoms with Gasteiger partial charge in [-0.15, -0.1) is 0 Å². The van der Waals surface area contributed by atoms with Crippen molar-refractivity contribution >= 4 is 40.6 Å². The van der Waals surface area contributed by atoms with Crippen molar-refractivity contribution < 1.29 is 19.4 Å². The van der Waals surface area contributed by atoms with Crippen LogP contribution in [0.3, 0.4) is 0 Å². The summed E-state index contributed by atoms with van der Waals surface area (Å²) in [7, 11) is 3.17. The number of halogens is 1. The van der Waals surface area contributed by atoms with E-state index in [1.165, 1.54) is 13.2 Å². The van der Waals surface area contributed by atoms with Gasteiger partial charge in [0.2, 0.25) is 0 Å². The normalized spacial score (nSPS) is 22.9. The standard InChI is InChI=1S/C21H31ClN4O4S/c1-29-18-10-16(23)15(22)9-14(18)20(27)24-17-5-6-25(12-19(17)30-2)11-13-3-7-26(8-4-13)21(28)31/h9-10,13,17,19H,3-8,11-12,23H2,1-2H3,(H,24,27)(H,28,31)/t17-,19+/m0/s1. The van der Waals surface area contributed by atoms with E-state index >= 15 is 0 Å². The molecular formula is C21H31ClN4O4S. The van der Waals surface area contributed by atoms with Crippen LogP contribution in [0.5, 0.6) is 5.75 Å². The van der Waals surface area contributed by atoms with E-state index in [-0.39, 0.29) is 23.2 Å². The van der Waals surface area contributed by atoms with Crippen LogP contribution in [0.2, 0.25) is 5.02 Å². The van der Waals surface area contributed by atoms with Gasteiger partial charge >= 0.3 is 0 Å². The summed E-state index contributed by atoms with van der Waals surface area (Å²) in [5, 5.41) is 12.9. The van der Waals surface area contributed by atoms with E-state index in [4.69, 9.17) is 39.0 Å². The molecule has 1 amide bonds. The summed E-state index contributed by atoms with van der Waals surface area (Å²) >= 11 is 11.0. The number of ether oxygens (including phenoxy) is 2. The number of nitrogens with one attached hydrogen (secondary N) is 1. The molecule has 0 unspecified atom stereocenters. The Kier molecular flexibility index (Phi) is 8.21. The van der Waals surface area contributed by atoms with Crippen molar-refractivity contribution in [1.82, 2.24) is 15.1 Å². The lowest BCUT2D eigenvalue weighted by Gasteiger charge is -2.41. The first-order chi connectivity index (χ1) is 14.8. The second-order valence-electron chi connectivity index (χ2n) is 8.19. The molecule has 2 aliphatic heterocycles. The maximum Gasteiger partial charge on any atom is 0.256 e. The van der Waals surface area contributed by atoms with Gasteiger partial charge in [-0.2, -0.15) is 0 Å². The van der Waals surface area contributed by atoms with Gasteiger partial charge in [0, 0.05) is 45.9 Å². The predicted molar refractivity (Wildman–Crippen MR) is 125 cm³/mol. The number of hydrogen-bond donors (Lipinski definition) is 3. The molecule has 2 atom stereocenters. The summed E-state index contributed by atoms with van der Waals surface area (Å²) in [5.41, 5.74) is 6.54. The molecule has 0 spiro atoms. The lowest BCUT2D eigenvalue weighted by molar-refractivity contribution is -0.000433. The monoisotopic (exact) mass is 470 g/mol. The van der Waals surface area contributed by atoms with Gasteiger partial charge in [0.15, 0.2) is 0 Å². The number of hydrogen-bond acceptors (Lipinski definition) is 6. The molecule has 2 heterocycles. The fraction of sp³-hybridized carbons (Fsp3) is 0.619. The number of nitrogen functional groups attached to an aromatic ring is 1. The average Bonchev–Trinajstić information content (AvgIpc) is 2.76. The molecule has 2 fully saturated rings. The maximum atomic E-state index is 12.9. The number of nitrogens with zero attached hydrogens (tertiary/aromatic N) is 2. The number of methoxy groups -OCH3 is 2. The first kappa shape index (κ1) is 23.8. The first-order valence-electron chi connectivity index (χ1n) is 10.5. The van der Waals surface area contributed by atoms with Crippen molar-refractivity contribution in [2.45, 2.75) is 31.4 Å². The van der Waals surface area contributed by atoms with E-state index in [2.05, 4.69) is 10.2 Å². The summed E-state index contributed by atoms with van der Waals surface area (Å²) in [6.45, 7) is 4.20. The van der Waals surface area contributed by atoms with Crippen LogP contribution in [0.1, 0.15) is 29.6 Å². The number of nitrogens with two attached hydrogens (primary N) is 1. The number of benzene rings is 1. The largest absolute Gasteiger partial charge is 0.496 e. The van der Waals surface area contributed by atoms with Crippen molar-refractivity contribution in [2.75, 3.05) is 52.7 Å². The third kappa shape index (κ3) is 5.91. The van der Waals surface area contributed by atoms with Crippen LogP contribution in [-0.4, -0.2) is 85.1 Å². The Hall–Kier alpha value is -1.81. The zero-order valence-electron chi connectivity index (χ0n) is 18.0. The number of aliphatic hydroxyl groups excluding tert-OH is 1. The molecule has 0 bridgehead atoms. The van der Waals surface area contributed by atoms with Gasteiger partial charge in [-0.1, -0.05) is 11.6 Å². The fourth-order valence-electron chi connectivity index (χ4n) is 4.38. The third-order valence-corrected chi connectivity index (χ3v) is 6.81. The van der Waals surface area contributed by atoms with Crippen LogP contribution >= 0.6 is 23.8 Å². The molecule has 2 saturated heterocycles. The minimum atomic E-state index is -0.258. The van der Waals surface area contributed by atoms with E-state index in [0.29, 0.717) is 27.9 Å². The number of carbonyl (C=O) groups is 1. The summed E-state index contributed by atoms with van der Waals surface area (Å²) < 4.78 is 11.0. The van der Waals surface area contributed by atoms with Gasteiger partial charge in [-0.25, -0.2) is 0 Å². The summed E-state index contributed by atoms with van der Waals surface area (Å²) in [4.78, 5) is 17.2. The van der Waals surface area contributed by atoms with E-state index in [1.54, 1.807) is 13.2 Å². The second-order valence-corrected chi connectivity index (χ2v) is 8.96. The molecule has 0 aliphatic carbocycles. The second kappa shape index (κ2) is 10.7. The number of aliphatic hydroxyl groups is 1. The maximum absolute atomic E-state index is 12.9. The van der Waals surface area contributed by atoms with Crippen molar-refractivity contribution in [1.29, 1.82) is 0 Å². The van der Waals surface area contributed by atoms with Crippen LogP contribution in [0.4, 0.5) is 5.69 Å². The van der Waals surface area contributed by atoms with E-state index < -0.39 is 0 Å². The fourth-order valence-corrected chi connectivity index (χ4v) is 4.73. The Morgan fingerprint density at radius 1 is 1.29 bits per heavy atom. The topological polar surface area (TPSA) is 100 Å². The minimum absolute atomic E-state index is 0.00604. The van der Waals surface area contributed by atoms with E-state index in [1.807, 2.05) is 4.90 Å². The van der Waals surface area contributed by atoms with Crippen LogP contribution in [0.25, 0.3) is 0 Å². The number of piperidine rings is 2. The van der Waals surface area contributed by atoms with Gasteiger partial charge in [0.25, 0.3) is 11.1 Å². The Bertz CT molecular complexity index is 804. The number of carbonyl (C=O) groups excluding carboxylic acids is 1. The number of anilines is 1. The smallest absolute Gasteiger partial charge is 0.256 e. The van der Waals surface area contributed by atoms with Gasteiger partial charge in [0.1, 0.15) is 5.75 Å². The molecule has 1 aromatic rings. The number of likely N-dealkylation sites (tertiary alicyclic amines) is 2. The first-order valence-corrected chi connectivity index (χ1v) is 11.3.